The first-order chi connectivity index (χ1) is 12.6. The Kier molecular flexibility index (Phi) is 5.96. The first kappa shape index (κ1) is 18.9. The molecule has 1 aromatic rings. The van der Waals surface area contributed by atoms with E-state index in [0.717, 1.165) is 37.7 Å². The molecule has 1 saturated carbocycles. The summed E-state index contributed by atoms with van der Waals surface area (Å²) in [5, 5.41) is 11.3. The van der Waals surface area contributed by atoms with Gasteiger partial charge in [0.15, 0.2) is 11.5 Å². The van der Waals surface area contributed by atoms with E-state index in [9.17, 15) is 14.7 Å². The van der Waals surface area contributed by atoms with Crippen LogP contribution < -0.4 is 14.6 Å². The highest BCUT2D eigenvalue weighted by Crippen LogP contribution is 2.45. The number of carboxylic acids is 1. The Morgan fingerprint density at radius 2 is 1.81 bits per heavy atom. The molecule has 1 aliphatic carbocycles. The van der Waals surface area contributed by atoms with Crippen LogP contribution in [0.4, 0.5) is 0 Å². The number of carbonyl (C=O) groups excluding carboxylic acids is 2. The minimum Gasteiger partial charge on any atom is -0.548 e. The standard InChI is InChI=1S/C19H25NO5S/c1-24-15-9-8-13(10-16(15)25-2)18-20(14(11-26-18)19(22)23)17(21)12-6-4-3-5-7-12/h8-10,12,14,18H,3-7,11H2,1-2H3,(H,22,23)/p-1/t14-,18-/m1/s1. The molecular weight excluding hydrogens is 354 g/mol. The Hall–Kier alpha value is -1.89. The average molecular weight is 378 g/mol. The van der Waals surface area contributed by atoms with E-state index < -0.39 is 12.0 Å². The van der Waals surface area contributed by atoms with Crippen LogP contribution in [0.25, 0.3) is 0 Å². The van der Waals surface area contributed by atoms with E-state index in [4.69, 9.17) is 9.47 Å². The van der Waals surface area contributed by atoms with Crippen LogP contribution in [0.2, 0.25) is 0 Å². The van der Waals surface area contributed by atoms with Gasteiger partial charge in [0.2, 0.25) is 5.91 Å². The summed E-state index contributed by atoms with van der Waals surface area (Å²) >= 11 is 1.45. The number of carbonyl (C=O) groups is 2. The van der Waals surface area contributed by atoms with Gasteiger partial charge in [-0.3, -0.25) is 4.79 Å². The number of ether oxygens (including phenoxy) is 2. The highest BCUT2D eigenvalue weighted by Gasteiger charge is 2.41. The molecule has 2 fully saturated rings. The zero-order valence-electron chi connectivity index (χ0n) is 15.1. The molecule has 142 valence electrons. The van der Waals surface area contributed by atoms with Crippen LogP contribution in [0.5, 0.6) is 11.5 Å². The minimum absolute atomic E-state index is 0.0660. The monoisotopic (exact) mass is 378 g/mol. The van der Waals surface area contributed by atoms with Gasteiger partial charge in [0.05, 0.1) is 26.2 Å². The van der Waals surface area contributed by atoms with Crippen LogP contribution in [-0.4, -0.2) is 42.8 Å². The molecule has 7 heteroatoms. The second-order valence-corrected chi connectivity index (χ2v) is 7.83. The molecule has 3 rings (SSSR count). The van der Waals surface area contributed by atoms with Crippen LogP contribution in [0.3, 0.4) is 0 Å². The van der Waals surface area contributed by atoms with Gasteiger partial charge < -0.3 is 24.3 Å². The smallest absolute Gasteiger partial charge is 0.227 e. The van der Waals surface area contributed by atoms with E-state index >= 15 is 0 Å². The Morgan fingerprint density at radius 1 is 1.12 bits per heavy atom. The highest BCUT2D eigenvalue weighted by atomic mass is 32.2. The van der Waals surface area contributed by atoms with Gasteiger partial charge in [0, 0.05) is 11.7 Å². The van der Waals surface area contributed by atoms with E-state index in [1.165, 1.54) is 16.7 Å². The number of benzene rings is 1. The van der Waals surface area contributed by atoms with Crippen molar-refractivity contribution in [2.24, 2.45) is 5.92 Å². The molecule has 1 aromatic carbocycles. The van der Waals surface area contributed by atoms with Crippen molar-refractivity contribution in [1.82, 2.24) is 4.90 Å². The molecule has 0 N–H and O–H groups in total. The molecule has 1 saturated heterocycles. The molecule has 1 amide bonds. The van der Waals surface area contributed by atoms with E-state index in [1.807, 2.05) is 12.1 Å². The molecule has 6 nitrogen and oxygen atoms in total. The number of hydrogen-bond acceptors (Lipinski definition) is 6. The minimum atomic E-state index is -1.19. The second-order valence-electron chi connectivity index (χ2n) is 6.72. The summed E-state index contributed by atoms with van der Waals surface area (Å²) in [7, 11) is 3.12. The fourth-order valence-electron chi connectivity index (χ4n) is 3.78. The van der Waals surface area contributed by atoms with E-state index in [2.05, 4.69) is 0 Å². The van der Waals surface area contributed by atoms with Crippen molar-refractivity contribution in [2.45, 2.75) is 43.5 Å². The topological polar surface area (TPSA) is 78.9 Å². The van der Waals surface area contributed by atoms with E-state index in [-0.39, 0.29) is 17.2 Å². The van der Waals surface area contributed by atoms with E-state index in [0.29, 0.717) is 17.3 Å². The fraction of sp³-hybridized carbons (Fsp3) is 0.579. The lowest BCUT2D eigenvalue weighted by atomic mass is 9.88. The maximum absolute atomic E-state index is 13.1. The number of methoxy groups -OCH3 is 2. The SMILES string of the molecule is COc1ccc([C@H]2SC[C@H](C(=O)[O-])N2C(=O)C2CCCCC2)cc1OC. The average Bonchev–Trinajstić information content (AvgIpc) is 3.12. The van der Waals surface area contributed by atoms with Gasteiger partial charge in [-0.15, -0.1) is 11.8 Å². The molecule has 2 aliphatic rings. The highest BCUT2D eigenvalue weighted by molar-refractivity contribution is 7.99. The third kappa shape index (κ3) is 3.63. The Labute approximate surface area is 157 Å². The number of rotatable bonds is 5. The summed E-state index contributed by atoms with van der Waals surface area (Å²) in [6, 6.07) is 4.56. The number of aliphatic carboxylic acids is 1. The lowest BCUT2D eigenvalue weighted by Crippen LogP contribution is -2.50. The fourth-order valence-corrected chi connectivity index (χ4v) is 5.19. The maximum Gasteiger partial charge on any atom is 0.227 e. The van der Waals surface area contributed by atoms with Crippen molar-refractivity contribution in [2.75, 3.05) is 20.0 Å². The molecule has 1 aliphatic heterocycles. The van der Waals surface area contributed by atoms with Crippen molar-refractivity contribution < 1.29 is 24.2 Å². The van der Waals surface area contributed by atoms with Gasteiger partial charge in [0.25, 0.3) is 0 Å². The van der Waals surface area contributed by atoms with Gasteiger partial charge in [0.1, 0.15) is 5.37 Å². The molecule has 0 aromatic heterocycles. The molecule has 0 spiro atoms. The van der Waals surface area contributed by atoms with Gasteiger partial charge in [-0.2, -0.15) is 0 Å². The second kappa shape index (κ2) is 8.20. The number of hydrogen-bond donors (Lipinski definition) is 0. The van der Waals surface area contributed by atoms with Crippen molar-refractivity contribution in [3.8, 4) is 11.5 Å². The van der Waals surface area contributed by atoms with Gasteiger partial charge in [-0.25, -0.2) is 0 Å². The van der Waals surface area contributed by atoms with Gasteiger partial charge in [-0.05, 0) is 30.5 Å². The number of carboxylic acid groups (broad SMARTS) is 1. The van der Waals surface area contributed by atoms with Crippen molar-refractivity contribution in [1.29, 1.82) is 0 Å². The lowest BCUT2D eigenvalue weighted by molar-refractivity contribution is -0.310. The predicted molar refractivity (Wildman–Crippen MR) is 97.0 cm³/mol. The zero-order valence-corrected chi connectivity index (χ0v) is 15.9. The third-order valence-corrected chi connectivity index (χ3v) is 6.50. The number of amides is 1. The van der Waals surface area contributed by atoms with Crippen LogP contribution in [0, 0.1) is 5.92 Å². The quantitative estimate of drug-likeness (QED) is 0.780. The summed E-state index contributed by atoms with van der Waals surface area (Å²) in [4.78, 5) is 26.3. The molecule has 26 heavy (non-hydrogen) atoms. The molecule has 0 unspecified atom stereocenters. The Bertz CT molecular complexity index is 674. The number of nitrogens with zero attached hydrogens (tertiary/aromatic N) is 1. The first-order valence-corrected chi connectivity index (χ1v) is 9.98. The molecule has 0 radical (unpaired) electrons. The largest absolute Gasteiger partial charge is 0.548 e. The van der Waals surface area contributed by atoms with E-state index in [1.54, 1.807) is 20.3 Å². The molecular formula is C19H24NO5S-. The van der Waals surface area contributed by atoms with Gasteiger partial charge >= 0.3 is 0 Å². The van der Waals surface area contributed by atoms with Crippen molar-refractivity contribution in [3.05, 3.63) is 23.8 Å². The van der Waals surface area contributed by atoms with Crippen molar-refractivity contribution >= 4 is 23.6 Å². The number of thioether (sulfide) groups is 1. The van der Waals surface area contributed by atoms with Crippen molar-refractivity contribution in [3.63, 3.8) is 0 Å². The lowest BCUT2D eigenvalue weighted by Gasteiger charge is -2.34. The molecule has 1 heterocycles. The van der Waals surface area contributed by atoms with Crippen LogP contribution >= 0.6 is 11.8 Å². The summed E-state index contributed by atoms with van der Waals surface area (Å²) in [5.41, 5.74) is 0.834. The van der Waals surface area contributed by atoms with Crippen LogP contribution in [-0.2, 0) is 9.59 Å². The third-order valence-electron chi connectivity index (χ3n) is 5.17. The van der Waals surface area contributed by atoms with Gasteiger partial charge in [-0.1, -0.05) is 25.3 Å². The summed E-state index contributed by atoms with van der Waals surface area (Å²) in [6.45, 7) is 0. The molecule has 2 atom stereocenters. The zero-order chi connectivity index (χ0) is 18.7. The predicted octanol–water partition coefficient (Wildman–Crippen LogP) is 1.98. The normalized spacial score (nSPS) is 23.7. The van der Waals surface area contributed by atoms with Crippen LogP contribution in [0.15, 0.2) is 18.2 Å². The maximum atomic E-state index is 13.1. The summed E-state index contributed by atoms with van der Waals surface area (Å²) in [5.74, 6) is 0.147. The Balaban J connectivity index is 1.91. The molecule has 0 bridgehead atoms. The van der Waals surface area contributed by atoms with Crippen LogP contribution in [0.1, 0.15) is 43.0 Å². The Morgan fingerprint density at radius 3 is 2.42 bits per heavy atom. The summed E-state index contributed by atoms with van der Waals surface area (Å²) < 4.78 is 10.6. The summed E-state index contributed by atoms with van der Waals surface area (Å²) in [6.07, 6.45) is 4.85. The first-order valence-electron chi connectivity index (χ1n) is 8.93.